The van der Waals surface area contributed by atoms with Gasteiger partial charge in [0.2, 0.25) is 4.96 Å². The monoisotopic (exact) mass is 472 g/mol. The summed E-state index contributed by atoms with van der Waals surface area (Å²) in [6, 6.07) is 12.3. The van der Waals surface area contributed by atoms with Gasteiger partial charge >= 0.3 is 0 Å². The lowest BCUT2D eigenvalue weighted by molar-refractivity contribution is 0.0977. The fourth-order valence-electron chi connectivity index (χ4n) is 2.87. The maximum absolute atomic E-state index is 12.5. The molecule has 0 spiro atoms. The summed E-state index contributed by atoms with van der Waals surface area (Å²) in [6.45, 7) is 2.01. The van der Waals surface area contributed by atoms with Crippen LogP contribution in [0.15, 0.2) is 42.5 Å². The van der Waals surface area contributed by atoms with Crippen LogP contribution in [0.25, 0.3) is 15.5 Å². The number of thiocarbonyl (C=S) groups is 1. The predicted molar refractivity (Wildman–Crippen MR) is 125 cm³/mol. The molecule has 4 aromatic rings. The third-order valence-corrected chi connectivity index (χ3v) is 5.83. The van der Waals surface area contributed by atoms with E-state index < -0.39 is 0 Å². The smallest absolute Gasteiger partial charge is 0.257 e. The fourth-order valence-corrected chi connectivity index (χ4v) is 4.19. The molecule has 4 rings (SSSR count). The second-order valence-electron chi connectivity index (χ2n) is 6.41. The van der Waals surface area contributed by atoms with Gasteiger partial charge in [-0.25, -0.2) is 0 Å². The molecule has 0 aliphatic rings. The van der Waals surface area contributed by atoms with Crippen molar-refractivity contribution in [3.8, 4) is 16.3 Å². The largest absolute Gasteiger partial charge is 0.495 e. The Hall–Kier alpha value is -3.08. The van der Waals surface area contributed by atoms with E-state index in [4.69, 9.17) is 28.6 Å². The van der Waals surface area contributed by atoms with Gasteiger partial charge in [-0.15, -0.1) is 10.2 Å². The van der Waals surface area contributed by atoms with Gasteiger partial charge in [-0.05, 0) is 42.5 Å². The first-order valence-corrected chi connectivity index (χ1v) is 10.9. The Balaban J connectivity index is 1.46. The number of methoxy groups -OCH3 is 1. The van der Waals surface area contributed by atoms with E-state index in [1.54, 1.807) is 16.6 Å². The number of ether oxygens (including phenoxy) is 1. The lowest BCUT2D eigenvalue weighted by atomic mass is 10.2. The highest BCUT2D eigenvalue weighted by Gasteiger charge is 2.13. The van der Waals surface area contributed by atoms with Crippen molar-refractivity contribution >= 4 is 56.8 Å². The van der Waals surface area contributed by atoms with E-state index in [-0.39, 0.29) is 11.0 Å². The SMILES string of the molecule is CCc1nnc2sc(-c3cccc(NC(=S)NC(=O)c4ccc(OC)c(Cl)c4)c3)nn12. The normalized spacial score (nSPS) is 10.8. The molecule has 2 N–H and O–H groups in total. The Bertz CT molecular complexity index is 1290. The molecule has 0 fully saturated rings. The van der Waals surface area contributed by atoms with Gasteiger partial charge in [-0.2, -0.15) is 9.61 Å². The molecule has 8 nitrogen and oxygen atoms in total. The minimum Gasteiger partial charge on any atom is -0.495 e. The third kappa shape index (κ3) is 4.50. The fraction of sp³-hybridized carbons (Fsp3) is 0.150. The minimum absolute atomic E-state index is 0.167. The molecular weight excluding hydrogens is 456 g/mol. The number of nitrogens with one attached hydrogen (secondary N) is 2. The van der Waals surface area contributed by atoms with Crippen LogP contribution < -0.4 is 15.4 Å². The summed E-state index contributed by atoms with van der Waals surface area (Å²) < 4.78 is 6.85. The highest BCUT2D eigenvalue weighted by molar-refractivity contribution is 7.80. The molecule has 0 aliphatic heterocycles. The summed E-state index contributed by atoms with van der Waals surface area (Å²) in [4.78, 5) is 13.2. The first-order chi connectivity index (χ1) is 15.0. The van der Waals surface area contributed by atoms with Gasteiger partial charge in [-0.3, -0.25) is 10.1 Å². The molecule has 0 bridgehead atoms. The summed E-state index contributed by atoms with van der Waals surface area (Å²) in [5.74, 6) is 0.931. The number of anilines is 1. The zero-order chi connectivity index (χ0) is 22.0. The number of aryl methyl sites for hydroxylation is 1. The molecular formula is C20H17ClN6O2S2. The number of benzene rings is 2. The molecule has 2 aromatic carbocycles. The summed E-state index contributed by atoms with van der Waals surface area (Å²) in [5.41, 5.74) is 1.99. The molecule has 2 aromatic heterocycles. The topological polar surface area (TPSA) is 93.4 Å². The van der Waals surface area contributed by atoms with Crippen molar-refractivity contribution in [2.75, 3.05) is 12.4 Å². The maximum atomic E-state index is 12.5. The van der Waals surface area contributed by atoms with Crippen molar-refractivity contribution in [3.63, 3.8) is 0 Å². The maximum Gasteiger partial charge on any atom is 0.257 e. The molecule has 0 aliphatic carbocycles. The zero-order valence-corrected chi connectivity index (χ0v) is 18.9. The van der Waals surface area contributed by atoms with Gasteiger partial charge in [0.15, 0.2) is 10.9 Å². The Morgan fingerprint density at radius 1 is 1.26 bits per heavy atom. The quantitative estimate of drug-likeness (QED) is 0.420. The first-order valence-electron chi connectivity index (χ1n) is 9.26. The van der Waals surface area contributed by atoms with Gasteiger partial charge in [-0.1, -0.05) is 42.0 Å². The number of fused-ring (bicyclic) bond motifs is 1. The van der Waals surface area contributed by atoms with Crippen LogP contribution in [0.5, 0.6) is 5.75 Å². The van der Waals surface area contributed by atoms with E-state index in [1.165, 1.54) is 24.5 Å². The third-order valence-electron chi connectivity index (χ3n) is 4.38. The number of carbonyl (C=O) groups excluding carboxylic acids is 1. The number of hydrogen-bond donors (Lipinski definition) is 2. The summed E-state index contributed by atoms with van der Waals surface area (Å²) >= 11 is 12.8. The van der Waals surface area contributed by atoms with Crippen LogP contribution >= 0.6 is 35.2 Å². The van der Waals surface area contributed by atoms with Crippen LogP contribution in [0.4, 0.5) is 5.69 Å². The number of aromatic nitrogens is 4. The van der Waals surface area contributed by atoms with E-state index in [0.29, 0.717) is 16.3 Å². The lowest BCUT2D eigenvalue weighted by Crippen LogP contribution is -2.34. The highest BCUT2D eigenvalue weighted by Crippen LogP contribution is 2.28. The molecule has 0 atom stereocenters. The Morgan fingerprint density at radius 3 is 2.84 bits per heavy atom. The van der Waals surface area contributed by atoms with Crippen molar-refractivity contribution < 1.29 is 9.53 Å². The Morgan fingerprint density at radius 2 is 2.10 bits per heavy atom. The van der Waals surface area contributed by atoms with Crippen molar-refractivity contribution in [3.05, 3.63) is 58.9 Å². The summed E-state index contributed by atoms with van der Waals surface area (Å²) in [5, 5.41) is 19.9. The van der Waals surface area contributed by atoms with Crippen LogP contribution in [-0.4, -0.2) is 37.9 Å². The number of nitrogens with zero attached hydrogens (tertiary/aromatic N) is 4. The zero-order valence-electron chi connectivity index (χ0n) is 16.5. The van der Waals surface area contributed by atoms with Gasteiger partial charge in [0.25, 0.3) is 5.91 Å². The van der Waals surface area contributed by atoms with Gasteiger partial charge in [0.1, 0.15) is 10.8 Å². The number of amides is 1. The molecule has 0 saturated carbocycles. The number of carbonyl (C=O) groups is 1. The van der Waals surface area contributed by atoms with E-state index >= 15 is 0 Å². The molecule has 0 unspecified atom stereocenters. The van der Waals surface area contributed by atoms with Crippen molar-refractivity contribution in [1.82, 2.24) is 25.1 Å². The minimum atomic E-state index is -0.376. The number of halogens is 1. The second-order valence-corrected chi connectivity index (χ2v) is 8.18. The highest BCUT2D eigenvalue weighted by atomic mass is 35.5. The second kappa shape index (κ2) is 8.96. The van der Waals surface area contributed by atoms with Gasteiger partial charge in [0, 0.05) is 23.2 Å². The average Bonchev–Trinajstić information content (AvgIpc) is 3.34. The van der Waals surface area contributed by atoms with E-state index in [9.17, 15) is 4.79 Å². The van der Waals surface area contributed by atoms with Crippen LogP contribution in [0, 0.1) is 0 Å². The standard InChI is InChI=1S/C20H17ClN6O2S2/c1-3-16-24-25-20-27(16)26-18(31-20)12-5-4-6-13(9-12)22-19(30)23-17(28)11-7-8-15(29-2)14(21)10-11/h4-10H,3H2,1-2H3,(H2,22,23,28,30). The summed E-state index contributed by atoms with van der Waals surface area (Å²) in [7, 11) is 1.51. The Kier molecular flexibility index (Phi) is 6.12. The van der Waals surface area contributed by atoms with E-state index in [0.717, 1.165) is 33.5 Å². The van der Waals surface area contributed by atoms with Gasteiger partial charge < -0.3 is 10.1 Å². The van der Waals surface area contributed by atoms with E-state index in [2.05, 4.69) is 25.9 Å². The van der Waals surface area contributed by atoms with Crippen LogP contribution in [0.1, 0.15) is 23.1 Å². The predicted octanol–water partition coefficient (Wildman–Crippen LogP) is 4.20. The molecule has 158 valence electrons. The van der Waals surface area contributed by atoms with Gasteiger partial charge in [0.05, 0.1) is 12.1 Å². The van der Waals surface area contributed by atoms with Crippen molar-refractivity contribution in [2.45, 2.75) is 13.3 Å². The average molecular weight is 473 g/mol. The molecule has 0 saturated heterocycles. The lowest BCUT2D eigenvalue weighted by Gasteiger charge is -2.11. The molecule has 0 radical (unpaired) electrons. The van der Waals surface area contributed by atoms with Crippen LogP contribution in [0.2, 0.25) is 5.02 Å². The van der Waals surface area contributed by atoms with E-state index in [1.807, 2.05) is 31.2 Å². The van der Waals surface area contributed by atoms with Crippen molar-refractivity contribution in [2.24, 2.45) is 0 Å². The molecule has 11 heteroatoms. The Labute approximate surface area is 192 Å². The molecule has 1 amide bonds. The van der Waals surface area contributed by atoms with Crippen LogP contribution in [-0.2, 0) is 6.42 Å². The van der Waals surface area contributed by atoms with Crippen LogP contribution in [0.3, 0.4) is 0 Å². The summed E-state index contributed by atoms with van der Waals surface area (Å²) in [6.07, 6.45) is 0.749. The first kappa shape index (κ1) is 21.2. The van der Waals surface area contributed by atoms with Crippen molar-refractivity contribution in [1.29, 1.82) is 0 Å². The number of rotatable bonds is 5. The molecule has 31 heavy (non-hydrogen) atoms. The number of hydrogen-bond acceptors (Lipinski definition) is 7. The molecule has 2 heterocycles.